The van der Waals surface area contributed by atoms with Gasteiger partial charge < -0.3 is 9.16 Å². The molecule has 110 valence electrons. The Morgan fingerprint density at radius 3 is 2.33 bits per heavy atom. The minimum Gasteiger partial charge on any atom is -0.541 e. The third-order valence-corrected chi connectivity index (χ3v) is 3.60. The first-order valence-corrected chi connectivity index (χ1v) is 10.3. The van der Waals surface area contributed by atoms with E-state index in [1.165, 1.54) is 0 Å². The smallest absolute Gasteiger partial charge is 0.242 e. The SMILES string of the molecule is C[Si](C)(C)Oc1c(C=O)cccc1OCc1ccccc1. The highest BCUT2D eigenvalue weighted by Crippen LogP contribution is 2.33. The summed E-state index contributed by atoms with van der Waals surface area (Å²) in [5, 5.41) is 0. The highest BCUT2D eigenvalue weighted by atomic mass is 28.4. The van der Waals surface area contributed by atoms with Crippen molar-refractivity contribution in [1.29, 1.82) is 0 Å². The number of rotatable bonds is 6. The molecule has 0 aliphatic carbocycles. The molecule has 3 nitrogen and oxygen atoms in total. The second-order valence-electron chi connectivity index (χ2n) is 5.78. The first kappa shape index (κ1) is 15.3. The van der Waals surface area contributed by atoms with Crippen LogP contribution in [-0.4, -0.2) is 14.6 Å². The molecular weight excluding hydrogens is 280 g/mol. The van der Waals surface area contributed by atoms with Crippen LogP contribution in [-0.2, 0) is 6.61 Å². The predicted molar refractivity (Wildman–Crippen MR) is 86.6 cm³/mol. The van der Waals surface area contributed by atoms with Crippen LogP contribution in [0.25, 0.3) is 0 Å². The molecule has 0 radical (unpaired) electrons. The van der Waals surface area contributed by atoms with Gasteiger partial charge in [0.05, 0.1) is 5.56 Å². The van der Waals surface area contributed by atoms with Crippen molar-refractivity contribution in [2.24, 2.45) is 0 Å². The Bertz CT molecular complexity index is 603. The van der Waals surface area contributed by atoms with Crippen LogP contribution in [0.15, 0.2) is 48.5 Å². The fourth-order valence-electron chi connectivity index (χ4n) is 1.89. The molecular formula is C17H20O3Si. The highest BCUT2D eigenvalue weighted by molar-refractivity contribution is 6.70. The molecule has 0 spiro atoms. The molecule has 0 bridgehead atoms. The summed E-state index contributed by atoms with van der Waals surface area (Å²) in [6, 6.07) is 15.3. The van der Waals surface area contributed by atoms with Gasteiger partial charge >= 0.3 is 0 Å². The lowest BCUT2D eigenvalue weighted by Gasteiger charge is -2.22. The monoisotopic (exact) mass is 300 g/mol. The van der Waals surface area contributed by atoms with Gasteiger partial charge in [-0.1, -0.05) is 36.4 Å². The van der Waals surface area contributed by atoms with E-state index in [9.17, 15) is 4.79 Å². The molecule has 0 aliphatic rings. The number of hydrogen-bond donors (Lipinski definition) is 0. The third-order valence-electron chi connectivity index (χ3n) is 2.78. The van der Waals surface area contributed by atoms with E-state index < -0.39 is 8.32 Å². The summed E-state index contributed by atoms with van der Waals surface area (Å²) < 4.78 is 11.9. The van der Waals surface area contributed by atoms with Gasteiger partial charge in [-0.05, 0) is 37.3 Å². The van der Waals surface area contributed by atoms with Crippen LogP contribution in [0, 0.1) is 0 Å². The molecule has 0 saturated heterocycles. The number of aldehydes is 1. The van der Waals surface area contributed by atoms with Gasteiger partial charge in [0, 0.05) is 0 Å². The molecule has 2 aromatic carbocycles. The van der Waals surface area contributed by atoms with Gasteiger partial charge in [-0.2, -0.15) is 0 Å². The Kier molecular flexibility index (Phi) is 4.80. The molecule has 0 unspecified atom stereocenters. The van der Waals surface area contributed by atoms with Crippen LogP contribution >= 0.6 is 0 Å². The topological polar surface area (TPSA) is 35.5 Å². The van der Waals surface area contributed by atoms with Crippen molar-refractivity contribution in [2.45, 2.75) is 26.2 Å². The predicted octanol–water partition coefficient (Wildman–Crippen LogP) is 4.29. The van der Waals surface area contributed by atoms with E-state index in [0.29, 0.717) is 23.7 Å². The Balaban J connectivity index is 2.24. The standard InChI is InChI=1S/C17H20O3Si/c1-21(2,3)20-17-15(12-18)10-7-11-16(17)19-13-14-8-5-4-6-9-14/h4-12H,13H2,1-3H3. The Labute approximate surface area is 126 Å². The normalized spacial score (nSPS) is 11.0. The van der Waals surface area contributed by atoms with Gasteiger partial charge in [-0.25, -0.2) is 0 Å². The van der Waals surface area contributed by atoms with Crippen LogP contribution in [0.4, 0.5) is 0 Å². The van der Waals surface area contributed by atoms with Crippen molar-refractivity contribution in [3.05, 3.63) is 59.7 Å². The fourth-order valence-corrected chi connectivity index (χ4v) is 2.72. The molecule has 0 heterocycles. The Morgan fingerprint density at radius 2 is 1.71 bits per heavy atom. The van der Waals surface area contributed by atoms with Crippen molar-refractivity contribution >= 4 is 14.6 Å². The first-order valence-electron chi connectivity index (χ1n) is 6.93. The lowest BCUT2D eigenvalue weighted by Crippen LogP contribution is -2.30. The van der Waals surface area contributed by atoms with E-state index in [0.717, 1.165) is 11.8 Å². The van der Waals surface area contributed by atoms with Gasteiger partial charge in [0.15, 0.2) is 17.8 Å². The van der Waals surface area contributed by atoms with Crippen molar-refractivity contribution in [2.75, 3.05) is 0 Å². The summed E-state index contributed by atoms with van der Waals surface area (Å²) in [6.45, 7) is 6.69. The van der Waals surface area contributed by atoms with E-state index in [4.69, 9.17) is 9.16 Å². The van der Waals surface area contributed by atoms with Crippen molar-refractivity contribution < 1.29 is 14.0 Å². The molecule has 0 saturated carbocycles. The molecule has 0 aromatic heterocycles. The zero-order chi connectivity index (χ0) is 15.3. The lowest BCUT2D eigenvalue weighted by atomic mass is 10.2. The average molecular weight is 300 g/mol. The van der Waals surface area contributed by atoms with Gasteiger partial charge in [0.25, 0.3) is 0 Å². The number of carbonyl (C=O) groups is 1. The minimum atomic E-state index is -1.82. The molecule has 2 aromatic rings. The van der Waals surface area contributed by atoms with Crippen LogP contribution in [0.3, 0.4) is 0 Å². The second kappa shape index (κ2) is 6.59. The van der Waals surface area contributed by atoms with Gasteiger partial charge in [-0.3, -0.25) is 4.79 Å². The molecule has 0 amide bonds. The number of hydrogen-bond acceptors (Lipinski definition) is 3. The molecule has 2 rings (SSSR count). The molecule has 0 aliphatic heterocycles. The van der Waals surface area contributed by atoms with Crippen LogP contribution in [0.5, 0.6) is 11.5 Å². The third kappa shape index (κ3) is 4.46. The molecule has 4 heteroatoms. The summed E-state index contributed by atoms with van der Waals surface area (Å²) in [7, 11) is -1.82. The summed E-state index contributed by atoms with van der Waals surface area (Å²) in [6.07, 6.45) is 0.810. The van der Waals surface area contributed by atoms with E-state index in [1.807, 2.05) is 36.4 Å². The van der Waals surface area contributed by atoms with E-state index in [1.54, 1.807) is 12.1 Å². The summed E-state index contributed by atoms with van der Waals surface area (Å²) in [5.41, 5.74) is 1.61. The minimum absolute atomic E-state index is 0.450. The number of benzene rings is 2. The van der Waals surface area contributed by atoms with Gasteiger partial charge in [0.1, 0.15) is 6.61 Å². The van der Waals surface area contributed by atoms with Crippen LogP contribution in [0.1, 0.15) is 15.9 Å². The summed E-state index contributed by atoms with van der Waals surface area (Å²) in [4.78, 5) is 11.2. The van der Waals surface area contributed by atoms with E-state index >= 15 is 0 Å². The molecule has 0 fully saturated rings. The quantitative estimate of drug-likeness (QED) is 0.589. The number of carbonyl (C=O) groups excluding carboxylic acids is 1. The van der Waals surface area contributed by atoms with Gasteiger partial charge in [-0.15, -0.1) is 0 Å². The molecule has 0 N–H and O–H groups in total. The maximum absolute atomic E-state index is 11.2. The van der Waals surface area contributed by atoms with Gasteiger partial charge in [0.2, 0.25) is 8.32 Å². The average Bonchev–Trinajstić information content (AvgIpc) is 2.45. The second-order valence-corrected chi connectivity index (χ2v) is 10.2. The van der Waals surface area contributed by atoms with Crippen LogP contribution in [0.2, 0.25) is 19.6 Å². The van der Waals surface area contributed by atoms with Crippen LogP contribution < -0.4 is 9.16 Å². The number of para-hydroxylation sites is 1. The molecule has 0 atom stereocenters. The summed E-state index contributed by atoms with van der Waals surface area (Å²) in [5.74, 6) is 1.17. The van der Waals surface area contributed by atoms with E-state index in [2.05, 4.69) is 19.6 Å². The van der Waals surface area contributed by atoms with Crippen molar-refractivity contribution in [1.82, 2.24) is 0 Å². The Hall–Kier alpha value is -2.07. The summed E-state index contributed by atoms with van der Waals surface area (Å²) >= 11 is 0. The fraction of sp³-hybridized carbons (Fsp3) is 0.235. The zero-order valence-corrected chi connectivity index (χ0v) is 13.6. The largest absolute Gasteiger partial charge is 0.541 e. The zero-order valence-electron chi connectivity index (χ0n) is 12.6. The molecule has 21 heavy (non-hydrogen) atoms. The maximum atomic E-state index is 11.2. The number of ether oxygens (including phenoxy) is 1. The highest BCUT2D eigenvalue weighted by Gasteiger charge is 2.21. The van der Waals surface area contributed by atoms with E-state index in [-0.39, 0.29) is 0 Å². The van der Waals surface area contributed by atoms with Crippen molar-refractivity contribution in [3.63, 3.8) is 0 Å². The maximum Gasteiger partial charge on any atom is 0.242 e. The van der Waals surface area contributed by atoms with Crippen molar-refractivity contribution in [3.8, 4) is 11.5 Å². The first-order chi connectivity index (χ1) is 9.99. The lowest BCUT2D eigenvalue weighted by molar-refractivity contribution is 0.112. The Morgan fingerprint density at radius 1 is 1.00 bits per heavy atom.